The Bertz CT molecular complexity index is 1120. The van der Waals surface area contributed by atoms with Crippen molar-refractivity contribution in [1.29, 1.82) is 0 Å². The molecular formula is C20H20N2O4S2. The number of fused-ring (bicyclic) bond motifs is 1. The van der Waals surface area contributed by atoms with Crippen LogP contribution in [0.4, 0.5) is 0 Å². The predicted molar refractivity (Wildman–Crippen MR) is 111 cm³/mol. The number of carbonyl (C=O) groups excluding carboxylic acids is 2. The van der Waals surface area contributed by atoms with Crippen LogP contribution in [0.1, 0.15) is 46.6 Å². The molecule has 0 saturated heterocycles. The molecule has 2 heterocycles. The van der Waals surface area contributed by atoms with Gasteiger partial charge in [0.2, 0.25) is 0 Å². The highest BCUT2D eigenvalue weighted by Crippen LogP contribution is 2.28. The molecule has 1 N–H and O–H groups in total. The number of thioether (sulfide) groups is 1. The first-order valence-electron chi connectivity index (χ1n) is 8.70. The van der Waals surface area contributed by atoms with Crippen LogP contribution in [0.5, 0.6) is 0 Å². The number of aryl methyl sites for hydroxylation is 2. The third-order valence-corrected chi connectivity index (χ3v) is 6.58. The molecule has 8 heteroatoms. The van der Waals surface area contributed by atoms with Crippen LogP contribution in [-0.2, 0) is 9.53 Å². The fourth-order valence-corrected chi connectivity index (χ4v) is 4.56. The van der Waals surface area contributed by atoms with Crippen molar-refractivity contribution in [2.24, 2.45) is 0 Å². The van der Waals surface area contributed by atoms with Crippen LogP contribution >= 0.6 is 23.1 Å². The Hall–Kier alpha value is -2.45. The van der Waals surface area contributed by atoms with Crippen LogP contribution in [0, 0.1) is 13.8 Å². The number of benzene rings is 1. The highest BCUT2D eigenvalue weighted by Gasteiger charge is 2.20. The van der Waals surface area contributed by atoms with Gasteiger partial charge in [0.05, 0.1) is 16.7 Å². The SMILES string of the molecule is CC(=O)CSc1ccccc1C(=O)O[C@H](C)c1nc2sc(C)c(C)c2c(=O)[nH]1. The quantitative estimate of drug-likeness (QED) is 0.478. The number of rotatable bonds is 6. The smallest absolute Gasteiger partial charge is 0.339 e. The van der Waals surface area contributed by atoms with E-state index in [1.165, 1.54) is 30.0 Å². The second-order valence-electron chi connectivity index (χ2n) is 6.45. The van der Waals surface area contributed by atoms with Crippen LogP contribution in [0.3, 0.4) is 0 Å². The first-order valence-corrected chi connectivity index (χ1v) is 10.5. The van der Waals surface area contributed by atoms with Gasteiger partial charge in [-0.1, -0.05) is 12.1 Å². The Kier molecular flexibility index (Phi) is 6.00. The van der Waals surface area contributed by atoms with Crippen molar-refractivity contribution in [3.63, 3.8) is 0 Å². The first kappa shape index (κ1) is 20.3. The summed E-state index contributed by atoms with van der Waals surface area (Å²) in [6.45, 7) is 7.01. The number of aromatic amines is 1. The fourth-order valence-electron chi connectivity index (χ4n) is 2.68. The van der Waals surface area contributed by atoms with E-state index in [0.29, 0.717) is 26.5 Å². The minimum Gasteiger partial charge on any atom is -0.451 e. The van der Waals surface area contributed by atoms with Crippen molar-refractivity contribution in [3.05, 3.63) is 56.4 Å². The summed E-state index contributed by atoms with van der Waals surface area (Å²) in [4.78, 5) is 45.9. The molecule has 0 aliphatic carbocycles. The average Bonchev–Trinajstić information content (AvgIpc) is 2.94. The van der Waals surface area contributed by atoms with Gasteiger partial charge in [0.1, 0.15) is 10.6 Å². The minimum atomic E-state index is -0.724. The number of aromatic nitrogens is 2. The van der Waals surface area contributed by atoms with Gasteiger partial charge in [-0.2, -0.15) is 0 Å². The van der Waals surface area contributed by atoms with Crippen molar-refractivity contribution in [2.75, 3.05) is 5.75 Å². The monoisotopic (exact) mass is 416 g/mol. The Morgan fingerprint density at radius 3 is 2.71 bits per heavy atom. The molecule has 0 aliphatic heterocycles. The number of hydrogen-bond donors (Lipinski definition) is 1. The minimum absolute atomic E-state index is 0.0261. The Morgan fingerprint density at radius 1 is 1.29 bits per heavy atom. The second kappa shape index (κ2) is 8.28. The van der Waals surface area contributed by atoms with Gasteiger partial charge in [-0.05, 0) is 45.4 Å². The predicted octanol–water partition coefficient (Wildman–Crippen LogP) is 4.20. The van der Waals surface area contributed by atoms with Gasteiger partial charge in [-0.25, -0.2) is 9.78 Å². The Balaban J connectivity index is 1.84. The summed E-state index contributed by atoms with van der Waals surface area (Å²) < 4.78 is 5.55. The summed E-state index contributed by atoms with van der Waals surface area (Å²) in [7, 11) is 0. The Labute approximate surface area is 170 Å². The zero-order chi connectivity index (χ0) is 20.4. The average molecular weight is 417 g/mol. The third kappa shape index (κ3) is 4.18. The normalized spacial score (nSPS) is 12.1. The van der Waals surface area contributed by atoms with E-state index in [2.05, 4.69) is 9.97 Å². The number of nitrogens with one attached hydrogen (secondary N) is 1. The highest BCUT2D eigenvalue weighted by atomic mass is 32.2. The van der Waals surface area contributed by atoms with Gasteiger partial charge in [0, 0.05) is 9.77 Å². The van der Waals surface area contributed by atoms with Crippen LogP contribution in [-0.4, -0.2) is 27.5 Å². The standard InChI is InChI=1S/C20H20N2O4S2/c1-10(23)9-27-15-8-6-5-7-14(15)20(25)26-12(3)17-21-18(24)16-11(2)13(4)28-19(16)22-17/h5-8,12H,9H2,1-4H3,(H,21,22,24)/t12-/m1/s1. The molecule has 3 rings (SSSR count). The molecule has 2 aromatic heterocycles. The summed E-state index contributed by atoms with van der Waals surface area (Å²) in [5, 5.41) is 0.579. The zero-order valence-corrected chi connectivity index (χ0v) is 17.6. The van der Waals surface area contributed by atoms with Gasteiger partial charge in [0.25, 0.3) is 5.56 Å². The number of carbonyl (C=O) groups is 2. The van der Waals surface area contributed by atoms with E-state index < -0.39 is 12.1 Å². The van der Waals surface area contributed by atoms with Crippen LogP contribution in [0.15, 0.2) is 34.0 Å². The van der Waals surface area contributed by atoms with Crippen molar-refractivity contribution in [2.45, 2.75) is 38.7 Å². The fraction of sp³-hybridized carbons (Fsp3) is 0.300. The molecule has 0 spiro atoms. The van der Waals surface area contributed by atoms with Gasteiger partial charge in [0.15, 0.2) is 11.9 Å². The molecule has 0 amide bonds. The molecule has 28 heavy (non-hydrogen) atoms. The van der Waals surface area contributed by atoms with Crippen molar-refractivity contribution < 1.29 is 14.3 Å². The molecule has 1 aromatic carbocycles. The lowest BCUT2D eigenvalue weighted by Crippen LogP contribution is -2.17. The molecule has 1 atom stereocenters. The van der Waals surface area contributed by atoms with Crippen LogP contribution in [0.2, 0.25) is 0 Å². The molecule has 6 nitrogen and oxygen atoms in total. The molecule has 0 unspecified atom stereocenters. The topological polar surface area (TPSA) is 89.1 Å². The van der Waals surface area contributed by atoms with E-state index in [4.69, 9.17) is 4.74 Å². The van der Waals surface area contributed by atoms with E-state index in [-0.39, 0.29) is 17.1 Å². The summed E-state index contributed by atoms with van der Waals surface area (Å²) >= 11 is 2.74. The number of nitrogens with zero attached hydrogens (tertiary/aromatic N) is 1. The molecule has 146 valence electrons. The molecular weight excluding hydrogens is 396 g/mol. The third-order valence-electron chi connectivity index (χ3n) is 4.26. The summed E-state index contributed by atoms with van der Waals surface area (Å²) in [6, 6.07) is 6.97. The molecule has 0 saturated carbocycles. The van der Waals surface area contributed by atoms with Crippen LogP contribution in [0.25, 0.3) is 10.2 Å². The number of hydrogen-bond acceptors (Lipinski definition) is 7. The van der Waals surface area contributed by atoms with Gasteiger partial charge >= 0.3 is 5.97 Å². The van der Waals surface area contributed by atoms with E-state index >= 15 is 0 Å². The zero-order valence-electron chi connectivity index (χ0n) is 16.0. The number of H-pyrrole nitrogens is 1. The molecule has 0 aliphatic rings. The second-order valence-corrected chi connectivity index (χ2v) is 8.67. The van der Waals surface area contributed by atoms with Gasteiger partial charge in [-0.15, -0.1) is 23.1 Å². The molecule has 0 radical (unpaired) electrons. The number of thiophene rings is 1. The molecule has 0 fully saturated rings. The number of ether oxygens (including phenoxy) is 1. The van der Waals surface area contributed by atoms with E-state index in [9.17, 15) is 14.4 Å². The highest BCUT2D eigenvalue weighted by molar-refractivity contribution is 8.00. The first-order chi connectivity index (χ1) is 13.3. The number of Topliss-reactive ketones (excluding diaryl/α,β-unsaturated/α-hetero) is 1. The lowest BCUT2D eigenvalue weighted by molar-refractivity contribution is -0.114. The van der Waals surface area contributed by atoms with Gasteiger partial charge in [-0.3, -0.25) is 9.59 Å². The van der Waals surface area contributed by atoms with E-state index in [1.54, 1.807) is 31.2 Å². The largest absolute Gasteiger partial charge is 0.451 e. The van der Waals surface area contributed by atoms with Gasteiger partial charge < -0.3 is 9.72 Å². The summed E-state index contributed by atoms with van der Waals surface area (Å²) in [5.41, 5.74) is 1.07. The van der Waals surface area contributed by atoms with E-state index in [1.807, 2.05) is 13.8 Å². The molecule has 0 bridgehead atoms. The maximum atomic E-state index is 12.7. The molecule has 3 aromatic rings. The lowest BCUT2D eigenvalue weighted by atomic mass is 10.2. The maximum absolute atomic E-state index is 12.7. The number of ketones is 1. The Morgan fingerprint density at radius 2 is 2.00 bits per heavy atom. The number of esters is 1. The maximum Gasteiger partial charge on any atom is 0.339 e. The lowest BCUT2D eigenvalue weighted by Gasteiger charge is -2.14. The van der Waals surface area contributed by atoms with Crippen molar-refractivity contribution in [1.82, 2.24) is 9.97 Å². The van der Waals surface area contributed by atoms with Crippen molar-refractivity contribution >= 4 is 45.1 Å². The van der Waals surface area contributed by atoms with E-state index in [0.717, 1.165) is 10.4 Å². The summed E-state index contributed by atoms with van der Waals surface area (Å²) in [5.74, 6) is 0.0854. The van der Waals surface area contributed by atoms with Crippen molar-refractivity contribution in [3.8, 4) is 0 Å². The summed E-state index contributed by atoms with van der Waals surface area (Å²) in [6.07, 6.45) is -0.724. The van der Waals surface area contributed by atoms with Crippen LogP contribution < -0.4 is 5.56 Å².